The predicted molar refractivity (Wildman–Crippen MR) is 74.3 cm³/mol. The van der Waals surface area contributed by atoms with Crippen LogP contribution in [0.2, 0.25) is 0 Å². The van der Waals surface area contributed by atoms with Gasteiger partial charge in [0.25, 0.3) is 0 Å². The van der Waals surface area contributed by atoms with E-state index in [-0.39, 0.29) is 0 Å². The van der Waals surface area contributed by atoms with Crippen LogP contribution >= 0.6 is 22.7 Å². The van der Waals surface area contributed by atoms with E-state index in [1.165, 1.54) is 11.3 Å². The molecule has 2 aromatic heterocycles. The number of nitrogens with zero attached hydrogens (tertiary/aromatic N) is 3. The van der Waals surface area contributed by atoms with Crippen LogP contribution in [0.1, 0.15) is 18.9 Å². The van der Waals surface area contributed by atoms with Crippen molar-refractivity contribution in [3.05, 3.63) is 16.6 Å². The van der Waals surface area contributed by atoms with Crippen LogP contribution in [0, 0.1) is 0 Å². The van der Waals surface area contributed by atoms with Crippen LogP contribution in [0.25, 0.3) is 10.6 Å². The van der Waals surface area contributed by atoms with E-state index in [0.29, 0.717) is 5.13 Å². The number of rotatable bonds is 5. The fourth-order valence-electron chi connectivity index (χ4n) is 1.54. The number of nitrogens with two attached hydrogens (primary N) is 1. The standard InChI is InChI=1S/C11H16N4S2/c1-3-15(4-2)6-10-13-5-9(17-10)8-7-16-11(12)14-8/h5,7H,3-4,6H2,1-2H3,(H2,12,14). The van der Waals surface area contributed by atoms with Crippen molar-refractivity contribution in [2.75, 3.05) is 18.8 Å². The molecule has 17 heavy (non-hydrogen) atoms. The van der Waals surface area contributed by atoms with Gasteiger partial charge in [0.1, 0.15) is 5.01 Å². The van der Waals surface area contributed by atoms with Crippen LogP contribution in [0.3, 0.4) is 0 Å². The molecule has 0 fully saturated rings. The van der Waals surface area contributed by atoms with Crippen molar-refractivity contribution < 1.29 is 0 Å². The topological polar surface area (TPSA) is 55.0 Å². The minimum absolute atomic E-state index is 0.610. The first-order valence-electron chi connectivity index (χ1n) is 5.61. The number of hydrogen-bond acceptors (Lipinski definition) is 6. The number of hydrogen-bond donors (Lipinski definition) is 1. The molecule has 0 bridgehead atoms. The lowest BCUT2D eigenvalue weighted by Gasteiger charge is -2.15. The molecular weight excluding hydrogens is 252 g/mol. The van der Waals surface area contributed by atoms with Gasteiger partial charge in [-0.3, -0.25) is 4.90 Å². The Morgan fingerprint density at radius 2 is 2.12 bits per heavy atom. The van der Waals surface area contributed by atoms with Gasteiger partial charge in [-0.1, -0.05) is 13.8 Å². The van der Waals surface area contributed by atoms with Crippen molar-refractivity contribution in [2.45, 2.75) is 20.4 Å². The minimum Gasteiger partial charge on any atom is -0.375 e. The molecule has 92 valence electrons. The maximum absolute atomic E-state index is 5.63. The van der Waals surface area contributed by atoms with E-state index >= 15 is 0 Å². The zero-order valence-corrected chi connectivity index (χ0v) is 11.6. The van der Waals surface area contributed by atoms with E-state index in [9.17, 15) is 0 Å². The first kappa shape index (κ1) is 12.5. The second-order valence-electron chi connectivity index (χ2n) is 3.65. The molecule has 0 radical (unpaired) electrons. The molecule has 0 aliphatic carbocycles. The maximum Gasteiger partial charge on any atom is 0.180 e. The van der Waals surface area contributed by atoms with Crippen molar-refractivity contribution in [3.63, 3.8) is 0 Å². The van der Waals surface area contributed by atoms with Gasteiger partial charge in [0.2, 0.25) is 0 Å². The summed E-state index contributed by atoms with van der Waals surface area (Å²) in [7, 11) is 0. The minimum atomic E-state index is 0.610. The van der Waals surface area contributed by atoms with E-state index in [1.807, 2.05) is 11.6 Å². The van der Waals surface area contributed by atoms with Crippen LogP contribution in [0.5, 0.6) is 0 Å². The second-order valence-corrected chi connectivity index (χ2v) is 5.66. The first-order chi connectivity index (χ1) is 8.22. The smallest absolute Gasteiger partial charge is 0.180 e. The third-order valence-corrected chi connectivity index (χ3v) is 4.26. The lowest BCUT2D eigenvalue weighted by molar-refractivity contribution is 0.295. The van der Waals surface area contributed by atoms with Crippen LogP contribution in [0.4, 0.5) is 5.13 Å². The van der Waals surface area contributed by atoms with Gasteiger partial charge >= 0.3 is 0 Å². The number of thiazole rings is 2. The number of anilines is 1. The summed E-state index contributed by atoms with van der Waals surface area (Å²) in [4.78, 5) is 12.1. The van der Waals surface area contributed by atoms with Gasteiger partial charge in [0, 0.05) is 11.6 Å². The Morgan fingerprint density at radius 1 is 1.35 bits per heavy atom. The average Bonchev–Trinajstić information content (AvgIpc) is 2.94. The SMILES string of the molecule is CCN(CC)Cc1ncc(-c2csc(N)n2)s1. The Kier molecular flexibility index (Phi) is 4.09. The van der Waals surface area contributed by atoms with Crippen molar-refractivity contribution in [3.8, 4) is 10.6 Å². The molecule has 0 saturated carbocycles. The predicted octanol–water partition coefficient (Wildman–Crippen LogP) is 2.69. The fourth-order valence-corrected chi connectivity index (χ4v) is 3.10. The average molecular weight is 268 g/mol. The fraction of sp³-hybridized carbons (Fsp3) is 0.455. The monoisotopic (exact) mass is 268 g/mol. The van der Waals surface area contributed by atoms with E-state index in [4.69, 9.17) is 5.73 Å². The van der Waals surface area contributed by atoms with Gasteiger partial charge in [-0.15, -0.1) is 22.7 Å². The van der Waals surface area contributed by atoms with E-state index in [0.717, 1.165) is 35.2 Å². The maximum atomic E-state index is 5.63. The highest BCUT2D eigenvalue weighted by molar-refractivity contribution is 7.16. The van der Waals surface area contributed by atoms with Crippen molar-refractivity contribution in [1.29, 1.82) is 0 Å². The molecule has 2 N–H and O–H groups in total. The molecule has 0 amide bonds. The molecule has 0 saturated heterocycles. The Hall–Kier alpha value is -0.980. The Bertz CT molecular complexity index is 473. The zero-order chi connectivity index (χ0) is 12.3. The van der Waals surface area contributed by atoms with E-state index < -0.39 is 0 Å². The van der Waals surface area contributed by atoms with Crippen LogP contribution in [-0.2, 0) is 6.54 Å². The molecular formula is C11H16N4S2. The van der Waals surface area contributed by atoms with Gasteiger partial charge in [-0.25, -0.2) is 9.97 Å². The van der Waals surface area contributed by atoms with E-state index in [1.54, 1.807) is 11.3 Å². The summed E-state index contributed by atoms with van der Waals surface area (Å²) in [5.74, 6) is 0. The highest BCUT2D eigenvalue weighted by Crippen LogP contribution is 2.28. The molecule has 2 heterocycles. The summed E-state index contributed by atoms with van der Waals surface area (Å²) < 4.78 is 0. The van der Waals surface area contributed by atoms with Crippen LogP contribution < -0.4 is 5.73 Å². The third kappa shape index (κ3) is 3.02. The summed E-state index contributed by atoms with van der Waals surface area (Å²) in [5, 5.41) is 3.72. The Morgan fingerprint density at radius 3 is 2.71 bits per heavy atom. The first-order valence-corrected chi connectivity index (χ1v) is 7.31. The zero-order valence-electron chi connectivity index (χ0n) is 10.0. The molecule has 2 aromatic rings. The molecule has 0 unspecified atom stereocenters. The van der Waals surface area contributed by atoms with Gasteiger partial charge in [-0.05, 0) is 13.1 Å². The van der Waals surface area contributed by atoms with Gasteiger partial charge in [0.05, 0.1) is 17.1 Å². The summed E-state index contributed by atoms with van der Waals surface area (Å²) in [6, 6.07) is 0. The van der Waals surface area contributed by atoms with Crippen LogP contribution in [0.15, 0.2) is 11.6 Å². The Balaban J connectivity index is 2.10. The summed E-state index contributed by atoms with van der Waals surface area (Å²) in [6.07, 6.45) is 1.89. The second kappa shape index (κ2) is 5.57. The van der Waals surface area contributed by atoms with Gasteiger partial charge in [0.15, 0.2) is 5.13 Å². The van der Waals surface area contributed by atoms with Gasteiger partial charge < -0.3 is 5.73 Å². The number of aromatic nitrogens is 2. The molecule has 0 spiro atoms. The number of nitrogen functional groups attached to an aromatic ring is 1. The molecule has 6 heteroatoms. The lowest BCUT2D eigenvalue weighted by atomic mass is 10.4. The normalized spacial score (nSPS) is 11.2. The molecule has 4 nitrogen and oxygen atoms in total. The highest BCUT2D eigenvalue weighted by Gasteiger charge is 2.09. The third-order valence-electron chi connectivity index (χ3n) is 2.58. The molecule has 0 aromatic carbocycles. The highest BCUT2D eigenvalue weighted by atomic mass is 32.1. The summed E-state index contributed by atoms with van der Waals surface area (Å²) >= 11 is 3.16. The summed E-state index contributed by atoms with van der Waals surface area (Å²) in [6.45, 7) is 7.35. The summed E-state index contributed by atoms with van der Waals surface area (Å²) in [5.41, 5.74) is 6.57. The molecule has 0 aliphatic heterocycles. The lowest BCUT2D eigenvalue weighted by Crippen LogP contribution is -2.21. The largest absolute Gasteiger partial charge is 0.375 e. The van der Waals surface area contributed by atoms with Crippen molar-refractivity contribution in [2.24, 2.45) is 0 Å². The Labute approximate surface area is 109 Å². The van der Waals surface area contributed by atoms with Crippen molar-refractivity contribution in [1.82, 2.24) is 14.9 Å². The molecule has 2 rings (SSSR count). The molecule has 0 atom stereocenters. The quantitative estimate of drug-likeness (QED) is 0.906. The molecule has 0 aliphatic rings. The van der Waals surface area contributed by atoms with Gasteiger partial charge in [-0.2, -0.15) is 0 Å². The van der Waals surface area contributed by atoms with Crippen molar-refractivity contribution >= 4 is 27.8 Å². The van der Waals surface area contributed by atoms with Crippen LogP contribution in [-0.4, -0.2) is 28.0 Å². The van der Waals surface area contributed by atoms with E-state index in [2.05, 4.69) is 28.7 Å².